The Kier molecular flexibility index (Phi) is 6.59. The molecule has 2 aliphatic rings. The van der Waals surface area contributed by atoms with Crippen LogP contribution < -0.4 is 4.74 Å². The lowest BCUT2D eigenvalue weighted by atomic mass is 9.82. The Hall–Kier alpha value is -2.11. The third-order valence-corrected chi connectivity index (χ3v) is 6.45. The third-order valence-electron chi connectivity index (χ3n) is 6.10. The SMILES string of the molecule is Cc1cccc(C(=O)N(C)CC2CC(Oc3ccc(CN4CCCC4)c(Cl)c3)C2)n1. The van der Waals surface area contributed by atoms with Gasteiger partial charge in [0.25, 0.3) is 5.91 Å². The Balaban J connectivity index is 1.23. The molecule has 1 aliphatic carbocycles. The normalized spacial score (nSPS) is 21.3. The molecule has 0 atom stereocenters. The van der Waals surface area contributed by atoms with Gasteiger partial charge in [-0.1, -0.05) is 23.7 Å². The first kappa shape index (κ1) is 21.1. The Labute approximate surface area is 184 Å². The van der Waals surface area contributed by atoms with E-state index in [0.717, 1.165) is 55.5 Å². The molecule has 5 nitrogen and oxygen atoms in total. The van der Waals surface area contributed by atoms with Gasteiger partial charge in [0.15, 0.2) is 0 Å². The van der Waals surface area contributed by atoms with Crippen LogP contribution in [0.2, 0.25) is 5.02 Å². The molecule has 1 saturated heterocycles. The van der Waals surface area contributed by atoms with E-state index in [-0.39, 0.29) is 12.0 Å². The van der Waals surface area contributed by atoms with Gasteiger partial charge < -0.3 is 9.64 Å². The van der Waals surface area contributed by atoms with Gasteiger partial charge in [0.2, 0.25) is 0 Å². The van der Waals surface area contributed by atoms with Crippen LogP contribution in [0.1, 0.15) is 47.4 Å². The first-order valence-corrected chi connectivity index (χ1v) is 11.2. The van der Waals surface area contributed by atoms with E-state index in [1.807, 2.05) is 38.2 Å². The van der Waals surface area contributed by atoms with Crippen molar-refractivity contribution < 1.29 is 9.53 Å². The second-order valence-corrected chi connectivity index (χ2v) is 9.07. The highest BCUT2D eigenvalue weighted by molar-refractivity contribution is 6.31. The number of hydrogen-bond acceptors (Lipinski definition) is 4. The molecule has 6 heteroatoms. The van der Waals surface area contributed by atoms with Gasteiger partial charge in [-0.2, -0.15) is 0 Å². The molecule has 0 unspecified atom stereocenters. The lowest BCUT2D eigenvalue weighted by Gasteiger charge is -2.37. The number of amides is 1. The van der Waals surface area contributed by atoms with E-state index in [0.29, 0.717) is 11.6 Å². The van der Waals surface area contributed by atoms with Gasteiger partial charge in [-0.3, -0.25) is 9.69 Å². The highest BCUT2D eigenvalue weighted by atomic mass is 35.5. The highest BCUT2D eigenvalue weighted by Gasteiger charge is 2.33. The number of carbonyl (C=O) groups is 1. The number of rotatable bonds is 7. The van der Waals surface area contributed by atoms with E-state index in [4.69, 9.17) is 16.3 Å². The predicted octanol–water partition coefficient (Wildman–Crippen LogP) is 4.57. The van der Waals surface area contributed by atoms with E-state index in [2.05, 4.69) is 16.0 Å². The van der Waals surface area contributed by atoms with Crippen LogP contribution in [0.25, 0.3) is 0 Å². The van der Waals surface area contributed by atoms with Gasteiger partial charge in [-0.25, -0.2) is 4.98 Å². The molecule has 2 aromatic rings. The molecule has 0 N–H and O–H groups in total. The maximum atomic E-state index is 12.6. The summed E-state index contributed by atoms with van der Waals surface area (Å²) in [5, 5.41) is 0.784. The second-order valence-electron chi connectivity index (χ2n) is 8.66. The maximum absolute atomic E-state index is 12.6. The lowest BCUT2D eigenvalue weighted by Crippen LogP contribution is -2.42. The number of pyridine rings is 1. The minimum Gasteiger partial charge on any atom is -0.490 e. The molecule has 2 heterocycles. The molecule has 4 rings (SSSR count). The minimum absolute atomic E-state index is 0.0246. The van der Waals surface area contributed by atoms with Crippen molar-refractivity contribution in [1.29, 1.82) is 0 Å². The molecule has 0 bridgehead atoms. The number of hydrogen-bond donors (Lipinski definition) is 0. The van der Waals surface area contributed by atoms with E-state index in [1.165, 1.54) is 18.4 Å². The molecular weight excluding hydrogens is 398 g/mol. The second kappa shape index (κ2) is 9.36. The van der Waals surface area contributed by atoms with Crippen molar-refractivity contribution in [2.75, 3.05) is 26.7 Å². The molecular formula is C24H30ClN3O2. The van der Waals surface area contributed by atoms with Crippen molar-refractivity contribution in [3.63, 3.8) is 0 Å². The van der Waals surface area contributed by atoms with Crippen molar-refractivity contribution in [3.8, 4) is 5.75 Å². The number of aromatic nitrogens is 1. The summed E-state index contributed by atoms with van der Waals surface area (Å²) in [4.78, 5) is 21.1. The summed E-state index contributed by atoms with van der Waals surface area (Å²) in [5.74, 6) is 1.27. The van der Waals surface area contributed by atoms with Gasteiger partial charge in [0, 0.05) is 30.9 Å². The van der Waals surface area contributed by atoms with Gasteiger partial charge in [-0.15, -0.1) is 0 Å². The van der Waals surface area contributed by atoms with Crippen molar-refractivity contribution >= 4 is 17.5 Å². The number of likely N-dealkylation sites (tertiary alicyclic amines) is 1. The average molecular weight is 428 g/mol. The molecule has 160 valence electrons. The first-order chi connectivity index (χ1) is 14.5. The molecule has 1 aromatic carbocycles. The monoisotopic (exact) mass is 427 g/mol. The van der Waals surface area contributed by atoms with Crippen LogP contribution in [0.3, 0.4) is 0 Å². The van der Waals surface area contributed by atoms with E-state index >= 15 is 0 Å². The van der Waals surface area contributed by atoms with Crippen LogP contribution in [-0.4, -0.2) is 53.5 Å². The molecule has 1 amide bonds. The molecule has 0 spiro atoms. The topological polar surface area (TPSA) is 45.7 Å². The van der Waals surface area contributed by atoms with Crippen molar-refractivity contribution in [2.24, 2.45) is 5.92 Å². The third kappa shape index (κ3) is 5.13. The summed E-state index contributed by atoms with van der Waals surface area (Å²) < 4.78 is 6.11. The van der Waals surface area contributed by atoms with Gasteiger partial charge in [0.1, 0.15) is 11.4 Å². The molecule has 1 aliphatic heterocycles. The van der Waals surface area contributed by atoms with Crippen LogP contribution in [0.5, 0.6) is 5.75 Å². The number of ether oxygens (including phenoxy) is 1. The summed E-state index contributed by atoms with van der Waals surface area (Å²) in [7, 11) is 1.85. The number of halogens is 1. The Bertz CT molecular complexity index is 892. The standard InChI is InChI=1S/C24H30ClN3O2/c1-17-6-5-7-23(26-17)24(29)27(2)15-18-12-21(13-18)30-20-9-8-19(22(25)14-20)16-28-10-3-4-11-28/h5-9,14,18,21H,3-4,10-13,15-16H2,1-2H3. The Morgan fingerprint density at radius 3 is 2.70 bits per heavy atom. The highest BCUT2D eigenvalue weighted by Crippen LogP contribution is 2.33. The fourth-order valence-corrected chi connectivity index (χ4v) is 4.58. The zero-order chi connectivity index (χ0) is 21.1. The minimum atomic E-state index is -0.0246. The summed E-state index contributed by atoms with van der Waals surface area (Å²) in [6.07, 6.45) is 4.66. The van der Waals surface area contributed by atoms with E-state index in [1.54, 1.807) is 11.0 Å². The number of carbonyl (C=O) groups excluding carboxylic acids is 1. The Morgan fingerprint density at radius 2 is 2.00 bits per heavy atom. The van der Waals surface area contributed by atoms with Gasteiger partial charge in [0.05, 0.1) is 6.10 Å². The summed E-state index contributed by atoms with van der Waals surface area (Å²) in [6, 6.07) is 11.6. The van der Waals surface area contributed by atoms with Crippen LogP contribution in [0, 0.1) is 12.8 Å². The van der Waals surface area contributed by atoms with Gasteiger partial charge >= 0.3 is 0 Å². The molecule has 0 radical (unpaired) electrons. The van der Waals surface area contributed by atoms with Crippen molar-refractivity contribution in [2.45, 2.75) is 45.3 Å². The molecule has 2 fully saturated rings. The first-order valence-electron chi connectivity index (χ1n) is 10.8. The molecule has 30 heavy (non-hydrogen) atoms. The van der Waals surface area contributed by atoms with Crippen LogP contribution in [0.4, 0.5) is 0 Å². The fourth-order valence-electron chi connectivity index (χ4n) is 4.35. The van der Waals surface area contributed by atoms with Crippen LogP contribution in [0.15, 0.2) is 36.4 Å². The van der Waals surface area contributed by atoms with E-state index < -0.39 is 0 Å². The quantitative estimate of drug-likeness (QED) is 0.649. The Morgan fingerprint density at radius 1 is 1.23 bits per heavy atom. The van der Waals surface area contributed by atoms with Gasteiger partial charge in [-0.05, 0) is 81.4 Å². The number of aryl methyl sites for hydroxylation is 1. The summed E-state index contributed by atoms with van der Waals surface area (Å²) in [6.45, 7) is 5.87. The van der Waals surface area contributed by atoms with Crippen molar-refractivity contribution in [1.82, 2.24) is 14.8 Å². The zero-order valence-electron chi connectivity index (χ0n) is 17.8. The largest absolute Gasteiger partial charge is 0.490 e. The van der Waals surface area contributed by atoms with E-state index in [9.17, 15) is 4.79 Å². The summed E-state index contributed by atoms with van der Waals surface area (Å²) in [5.41, 5.74) is 2.53. The van der Waals surface area contributed by atoms with Crippen molar-refractivity contribution in [3.05, 3.63) is 58.4 Å². The lowest BCUT2D eigenvalue weighted by molar-refractivity contribution is 0.0417. The van der Waals surface area contributed by atoms with Crippen LogP contribution >= 0.6 is 11.6 Å². The number of nitrogens with zero attached hydrogens (tertiary/aromatic N) is 3. The number of benzene rings is 1. The summed E-state index contributed by atoms with van der Waals surface area (Å²) >= 11 is 6.50. The predicted molar refractivity (Wildman–Crippen MR) is 119 cm³/mol. The molecule has 1 aromatic heterocycles. The fraction of sp³-hybridized carbons (Fsp3) is 0.500. The maximum Gasteiger partial charge on any atom is 0.272 e. The molecule has 1 saturated carbocycles. The smallest absolute Gasteiger partial charge is 0.272 e. The zero-order valence-corrected chi connectivity index (χ0v) is 18.6. The van der Waals surface area contributed by atoms with Crippen LogP contribution in [-0.2, 0) is 6.54 Å². The average Bonchev–Trinajstić information content (AvgIpc) is 3.21.